The molecular formula is C19H22N2O6S. The normalized spacial score (nSPS) is 10.9. The van der Waals surface area contributed by atoms with Crippen molar-refractivity contribution in [2.75, 3.05) is 36.6 Å². The molecule has 0 aromatic heterocycles. The van der Waals surface area contributed by atoms with Gasteiger partial charge in [-0.05, 0) is 48.9 Å². The van der Waals surface area contributed by atoms with E-state index in [0.717, 1.165) is 10.6 Å². The summed E-state index contributed by atoms with van der Waals surface area (Å²) in [7, 11) is -0.932. The Morgan fingerprint density at radius 3 is 2.25 bits per heavy atom. The maximum Gasteiger partial charge on any atom is 0.338 e. The van der Waals surface area contributed by atoms with Gasteiger partial charge in [-0.1, -0.05) is 6.07 Å². The maximum atomic E-state index is 12.5. The molecular weight excluding hydrogens is 384 g/mol. The largest absolute Gasteiger partial charge is 0.497 e. The van der Waals surface area contributed by atoms with Crippen LogP contribution in [0.2, 0.25) is 0 Å². The van der Waals surface area contributed by atoms with Gasteiger partial charge >= 0.3 is 5.97 Å². The van der Waals surface area contributed by atoms with Crippen molar-refractivity contribution in [3.8, 4) is 5.75 Å². The molecule has 28 heavy (non-hydrogen) atoms. The molecule has 0 spiro atoms. The first-order valence-electron chi connectivity index (χ1n) is 8.27. The number of hydrogen-bond acceptors (Lipinski definition) is 6. The highest BCUT2D eigenvalue weighted by molar-refractivity contribution is 7.92. The van der Waals surface area contributed by atoms with Crippen LogP contribution < -0.4 is 14.4 Å². The summed E-state index contributed by atoms with van der Waals surface area (Å²) in [4.78, 5) is 24.3. The van der Waals surface area contributed by atoms with Crippen LogP contribution in [0, 0.1) is 6.92 Å². The summed E-state index contributed by atoms with van der Waals surface area (Å²) in [5, 5.41) is 2.65. The van der Waals surface area contributed by atoms with E-state index in [1.165, 1.54) is 14.2 Å². The van der Waals surface area contributed by atoms with Crippen LogP contribution >= 0.6 is 0 Å². The lowest BCUT2D eigenvalue weighted by molar-refractivity contribution is -0.114. The Kier molecular flexibility index (Phi) is 6.63. The first kappa shape index (κ1) is 21.2. The minimum Gasteiger partial charge on any atom is -0.497 e. The van der Waals surface area contributed by atoms with Gasteiger partial charge in [0, 0.05) is 5.69 Å². The predicted molar refractivity (Wildman–Crippen MR) is 106 cm³/mol. The molecule has 0 unspecified atom stereocenters. The molecule has 0 aliphatic rings. The number of methoxy groups -OCH3 is 2. The first-order chi connectivity index (χ1) is 13.2. The fraction of sp³-hybridized carbons (Fsp3) is 0.263. The van der Waals surface area contributed by atoms with E-state index >= 15 is 0 Å². The summed E-state index contributed by atoms with van der Waals surface area (Å²) in [6, 6.07) is 11.1. The van der Waals surface area contributed by atoms with E-state index in [9.17, 15) is 18.0 Å². The maximum absolute atomic E-state index is 12.5. The number of nitrogens with one attached hydrogen (secondary N) is 1. The number of esters is 1. The van der Waals surface area contributed by atoms with Gasteiger partial charge in [0.1, 0.15) is 12.3 Å². The number of carbonyl (C=O) groups excluding carboxylic acids is 2. The van der Waals surface area contributed by atoms with E-state index in [1.807, 2.05) is 0 Å². The van der Waals surface area contributed by atoms with Crippen molar-refractivity contribution < 1.29 is 27.5 Å². The van der Waals surface area contributed by atoms with Crippen molar-refractivity contribution >= 4 is 33.3 Å². The molecule has 0 saturated carbocycles. The third-order valence-electron chi connectivity index (χ3n) is 4.06. The number of anilines is 2. The zero-order valence-electron chi connectivity index (χ0n) is 16.1. The average molecular weight is 406 g/mol. The van der Waals surface area contributed by atoms with Crippen molar-refractivity contribution in [2.45, 2.75) is 6.92 Å². The quantitative estimate of drug-likeness (QED) is 0.707. The van der Waals surface area contributed by atoms with Crippen molar-refractivity contribution in [1.29, 1.82) is 0 Å². The van der Waals surface area contributed by atoms with E-state index in [4.69, 9.17) is 9.47 Å². The van der Waals surface area contributed by atoms with E-state index in [0.29, 0.717) is 28.3 Å². The number of ether oxygens (including phenoxy) is 2. The summed E-state index contributed by atoms with van der Waals surface area (Å²) in [6.07, 6.45) is 1.02. The molecule has 0 aliphatic heterocycles. The van der Waals surface area contributed by atoms with Crippen LogP contribution in [-0.2, 0) is 19.6 Å². The van der Waals surface area contributed by atoms with Gasteiger partial charge < -0.3 is 14.8 Å². The van der Waals surface area contributed by atoms with Gasteiger partial charge in [-0.2, -0.15) is 0 Å². The van der Waals surface area contributed by atoms with Crippen molar-refractivity contribution in [3.63, 3.8) is 0 Å². The first-order valence-corrected chi connectivity index (χ1v) is 10.1. The summed E-state index contributed by atoms with van der Waals surface area (Å²) < 4.78 is 35.1. The van der Waals surface area contributed by atoms with Crippen molar-refractivity contribution in [3.05, 3.63) is 53.6 Å². The van der Waals surface area contributed by atoms with Gasteiger partial charge in [0.05, 0.1) is 31.7 Å². The van der Waals surface area contributed by atoms with Gasteiger partial charge in [-0.3, -0.25) is 9.10 Å². The number of amides is 1. The Bertz CT molecular complexity index is 970. The van der Waals surface area contributed by atoms with Gasteiger partial charge in [0.25, 0.3) is 0 Å². The number of carbonyl (C=O) groups is 2. The molecule has 0 saturated heterocycles. The summed E-state index contributed by atoms with van der Waals surface area (Å²) >= 11 is 0. The molecule has 0 aliphatic carbocycles. The van der Waals surface area contributed by atoms with Crippen LogP contribution in [0.15, 0.2) is 42.5 Å². The van der Waals surface area contributed by atoms with Crippen LogP contribution in [0.25, 0.3) is 0 Å². The minimum absolute atomic E-state index is 0.315. The molecule has 0 bridgehead atoms. The van der Waals surface area contributed by atoms with E-state index in [2.05, 4.69) is 5.32 Å². The molecule has 0 fully saturated rings. The molecule has 2 aromatic rings. The molecule has 1 amide bonds. The summed E-state index contributed by atoms with van der Waals surface area (Å²) in [6.45, 7) is 1.24. The third kappa shape index (κ3) is 5.01. The zero-order chi connectivity index (χ0) is 20.9. The van der Waals surface area contributed by atoms with Gasteiger partial charge in [-0.15, -0.1) is 0 Å². The third-order valence-corrected chi connectivity index (χ3v) is 5.20. The number of nitrogens with zero attached hydrogens (tertiary/aromatic N) is 1. The lowest BCUT2D eigenvalue weighted by Gasteiger charge is -2.22. The molecule has 0 atom stereocenters. The smallest absolute Gasteiger partial charge is 0.338 e. The fourth-order valence-corrected chi connectivity index (χ4v) is 3.43. The topological polar surface area (TPSA) is 102 Å². The molecule has 150 valence electrons. The van der Waals surface area contributed by atoms with E-state index in [-0.39, 0.29) is 0 Å². The van der Waals surface area contributed by atoms with Crippen LogP contribution in [0.1, 0.15) is 15.9 Å². The van der Waals surface area contributed by atoms with E-state index in [1.54, 1.807) is 49.4 Å². The highest BCUT2D eigenvalue weighted by atomic mass is 32.2. The molecule has 8 nitrogen and oxygen atoms in total. The van der Waals surface area contributed by atoms with Crippen LogP contribution in [0.3, 0.4) is 0 Å². The number of benzene rings is 2. The van der Waals surface area contributed by atoms with Crippen LogP contribution in [0.4, 0.5) is 11.4 Å². The second-order valence-electron chi connectivity index (χ2n) is 5.99. The SMILES string of the molecule is COC(=O)c1cccc(NC(=O)CN(c2ccc(OC)cc2)S(C)(=O)=O)c1C. The van der Waals surface area contributed by atoms with Gasteiger partial charge in [0.2, 0.25) is 15.9 Å². The lowest BCUT2D eigenvalue weighted by atomic mass is 10.1. The van der Waals surface area contributed by atoms with Crippen molar-refractivity contribution in [2.24, 2.45) is 0 Å². The molecule has 0 heterocycles. The average Bonchev–Trinajstić information content (AvgIpc) is 2.66. The zero-order valence-corrected chi connectivity index (χ0v) is 16.9. The Morgan fingerprint density at radius 2 is 1.71 bits per heavy atom. The molecule has 2 rings (SSSR count). The molecule has 0 radical (unpaired) electrons. The Morgan fingerprint density at radius 1 is 1.07 bits per heavy atom. The number of hydrogen-bond donors (Lipinski definition) is 1. The Labute approximate surface area is 164 Å². The summed E-state index contributed by atoms with van der Waals surface area (Å²) in [5.74, 6) is -0.507. The highest BCUT2D eigenvalue weighted by Gasteiger charge is 2.22. The second-order valence-corrected chi connectivity index (χ2v) is 7.89. The predicted octanol–water partition coefficient (Wildman–Crippen LogP) is 2.19. The van der Waals surface area contributed by atoms with Crippen molar-refractivity contribution in [1.82, 2.24) is 0 Å². The van der Waals surface area contributed by atoms with E-state index < -0.39 is 28.4 Å². The Balaban J connectivity index is 2.24. The lowest BCUT2D eigenvalue weighted by Crippen LogP contribution is -2.37. The molecule has 1 N–H and O–H groups in total. The monoisotopic (exact) mass is 406 g/mol. The van der Waals surface area contributed by atoms with Crippen LogP contribution in [-0.4, -0.2) is 47.3 Å². The fourth-order valence-electron chi connectivity index (χ4n) is 2.57. The van der Waals surface area contributed by atoms with Gasteiger partial charge in [0.15, 0.2) is 0 Å². The highest BCUT2D eigenvalue weighted by Crippen LogP contribution is 2.23. The Hall–Kier alpha value is -3.07. The van der Waals surface area contributed by atoms with Gasteiger partial charge in [-0.25, -0.2) is 13.2 Å². The second kappa shape index (κ2) is 8.75. The summed E-state index contributed by atoms with van der Waals surface area (Å²) in [5.41, 5.74) is 1.57. The molecule has 2 aromatic carbocycles. The van der Waals surface area contributed by atoms with Crippen LogP contribution in [0.5, 0.6) is 5.75 Å². The standard InChI is InChI=1S/C19H22N2O6S/c1-13-16(19(23)27-3)6-5-7-17(13)20-18(22)12-21(28(4,24)25)14-8-10-15(26-2)11-9-14/h5-11H,12H2,1-4H3,(H,20,22). The number of sulfonamides is 1. The number of rotatable bonds is 7. The molecule has 9 heteroatoms. The minimum atomic E-state index is -3.70.